The van der Waals surface area contributed by atoms with Gasteiger partial charge in [-0.05, 0) is 24.8 Å². The molecule has 4 nitrogen and oxygen atoms in total. The summed E-state index contributed by atoms with van der Waals surface area (Å²) in [5.74, 6) is 2.65. The Morgan fingerprint density at radius 2 is 2.24 bits per heavy atom. The first-order valence-corrected chi connectivity index (χ1v) is 6.46. The molecule has 1 fully saturated rings. The second-order valence-electron chi connectivity index (χ2n) is 5.06. The third kappa shape index (κ3) is 3.58. The average molecular weight is 234 g/mol. The van der Waals surface area contributed by atoms with E-state index in [1.54, 1.807) is 0 Å². The van der Waals surface area contributed by atoms with E-state index in [4.69, 9.17) is 0 Å². The largest absolute Gasteiger partial charge is 0.367 e. The van der Waals surface area contributed by atoms with Crippen LogP contribution in [0.4, 0.5) is 11.8 Å². The van der Waals surface area contributed by atoms with Crippen molar-refractivity contribution in [2.75, 3.05) is 24.3 Å². The fraction of sp³-hybridized carbons (Fsp3) is 0.692. The van der Waals surface area contributed by atoms with Crippen molar-refractivity contribution in [3.63, 3.8) is 0 Å². The van der Waals surface area contributed by atoms with Crippen molar-refractivity contribution in [3.8, 4) is 0 Å². The number of nitrogens with one attached hydrogen (secondary N) is 1. The normalized spacial score (nSPS) is 16.6. The van der Waals surface area contributed by atoms with Crippen molar-refractivity contribution in [1.29, 1.82) is 0 Å². The summed E-state index contributed by atoms with van der Waals surface area (Å²) in [6, 6.07) is 2.50. The van der Waals surface area contributed by atoms with Gasteiger partial charge in [-0.15, -0.1) is 0 Å². The Morgan fingerprint density at radius 3 is 2.82 bits per heavy atom. The Kier molecular flexibility index (Phi) is 3.82. The van der Waals surface area contributed by atoms with Crippen LogP contribution in [-0.2, 0) is 0 Å². The molecule has 94 valence electrons. The Bertz CT molecular complexity index is 360. The molecule has 1 aromatic rings. The van der Waals surface area contributed by atoms with E-state index in [0.717, 1.165) is 24.1 Å². The lowest BCUT2D eigenvalue weighted by Crippen LogP contribution is -2.21. The second-order valence-corrected chi connectivity index (χ2v) is 5.06. The Morgan fingerprint density at radius 1 is 1.47 bits per heavy atom. The van der Waals surface area contributed by atoms with Gasteiger partial charge in [-0.3, -0.25) is 0 Å². The summed E-state index contributed by atoms with van der Waals surface area (Å²) in [6.45, 7) is 2.23. The monoisotopic (exact) mass is 234 g/mol. The molecule has 0 bridgehead atoms. The SMILES string of the molecule is CCC(CC1CC1)Nc1ccnc(N(C)C)n1. The highest BCUT2D eigenvalue weighted by Gasteiger charge is 2.24. The zero-order valence-electron chi connectivity index (χ0n) is 11.0. The first-order chi connectivity index (χ1) is 8.19. The molecule has 1 heterocycles. The minimum absolute atomic E-state index is 0.549. The molecule has 0 amide bonds. The predicted octanol–water partition coefficient (Wildman–Crippen LogP) is 2.53. The van der Waals surface area contributed by atoms with Crippen LogP contribution in [0, 0.1) is 5.92 Å². The van der Waals surface area contributed by atoms with Crippen LogP contribution in [0.1, 0.15) is 32.6 Å². The first-order valence-electron chi connectivity index (χ1n) is 6.46. The summed E-state index contributed by atoms with van der Waals surface area (Å²) in [5.41, 5.74) is 0. The van der Waals surface area contributed by atoms with Crippen molar-refractivity contribution < 1.29 is 0 Å². The molecule has 0 aromatic carbocycles. The maximum absolute atomic E-state index is 4.49. The van der Waals surface area contributed by atoms with Crippen LogP contribution in [0.5, 0.6) is 0 Å². The van der Waals surface area contributed by atoms with Crippen LogP contribution in [0.25, 0.3) is 0 Å². The molecule has 4 heteroatoms. The van der Waals surface area contributed by atoms with E-state index in [0.29, 0.717) is 6.04 Å². The summed E-state index contributed by atoms with van der Waals surface area (Å²) < 4.78 is 0. The van der Waals surface area contributed by atoms with Crippen LogP contribution in [0.2, 0.25) is 0 Å². The minimum Gasteiger partial charge on any atom is -0.367 e. The van der Waals surface area contributed by atoms with Gasteiger partial charge in [0.05, 0.1) is 0 Å². The van der Waals surface area contributed by atoms with Gasteiger partial charge >= 0.3 is 0 Å². The molecule has 0 spiro atoms. The molecule has 1 saturated carbocycles. The summed E-state index contributed by atoms with van der Waals surface area (Å²) in [7, 11) is 3.92. The molecule has 0 radical (unpaired) electrons. The molecule has 1 unspecified atom stereocenters. The van der Waals surface area contributed by atoms with Crippen molar-refractivity contribution in [1.82, 2.24) is 9.97 Å². The quantitative estimate of drug-likeness (QED) is 0.821. The van der Waals surface area contributed by atoms with Crippen molar-refractivity contribution >= 4 is 11.8 Å². The molecular formula is C13H22N4. The van der Waals surface area contributed by atoms with Crippen molar-refractivity contribution in [2.24, 2.45) is 5.92 Å². The highest BCUT2D eigenvalue weighted by atomic mass is 15.2. The molecule has 1 aromatic heterocycles. The van der Waals surface area contributed by atoms with Crippen LogP contribution < -0.4 is 10.2 Å². The number of nitrogens with zero attached hydrogens (tertiary/aromatic N) is 3. The maximum Gasteiger partial charge on any atom is 0.226 e. The highest BCUT2D eigenvalue weighted by molar-refractivity contribution is 5.41. The fourth-order valence-corrected chi connectivity index (χ4v) is 1.94. The van der Waals surface area contributed by atoms with E-state index >= 15 is 0 Å². The zero-order chi connectivity index (χ0) is 12.3. The Labute approximate surface area is 103 Å². The summed E-state index contributed by atoms with van der Waals surface area (Å²) >= 11 is 0. The third-order valence-corrected chi connectivity index (χ3v) is 3.20. The Hall–Kier alpha value is -1.32. The van der Waals surface area contributed by atoms with Gasteiger partial charge in [-0.1, -0.05) is 19.8 Å². The Balaban J connectivity index is 1.97. The zero-order valence-corrected chi connectivity index (χ0v) is 11.0. The number of anilines is 2. The second kappa shape index (κ2) is 5.34. The van der Waals surface area contributed by atoms with E-state index in [-0.39, 0.29) is 0 Å². The number of hydrogen-bond acceptors (Lipinski definition) is 4. The summed E-state index contributed by atoms with van der Waals surface area (Å²) in [4.78, 5) is 10.6. The molecular weight excluding hydrogens is 212 g/mol. The van der Waals surface area contributed by atoms with Gasteiger partial charge in [0, 0.05) is 26.3 Å². The highest BCUT2D eigenvalue weighted by Crippen LogP contribution is 2.34. The predicted molar refractivity (Wildman–Crippen MR) is 71.4 cm³/mol. The summed E-state index contributed by atoms with van der Waals surface area (Å²) in [6.07, 6.45) is 7.06. The van der Waals surface area contributed by atoms with Gasteiger partial charge in [0.15, 0.2) is 0 Å². The van der Waals surface area contributed by atoms with Gasteiger partial charge < -0.3 is 10.2 Å². The van der Waals surface area contributed by atoms with Crippen molar-refractivity contribution in [3.05, 3.63) is 12.3 Å². The van der Waals surface area contributed by atoms with Gasteiger partial charge in [0.1, 0.15) is 5.82 Å². The topological polar surface area (TPSA) is 41.1 Å². The molecule has 0 aliphatic heterocycles. The number of rotatable bonds is 6. The molecule has 2 rings (SSSR count). The van der Waals surface area contributed by atoms with E-state index in [2.05, 4.69) is 22.2 Å². The van der Waals surface area contributed by atoms with E-state index < -0.39 is 0 Å². The number of aromatic nitrogens is 2. The maximum atomic E-state index is 4.49. The van der Waals surface area contributed by atoms with Crippen LogP contribution in [0.3, 0.4) is 0 Å². The standard InChI is InChI=1S/C13H22N4/c1-4-11(9-10-5-6-10)15-12-7-8-14-13(16-12)17(2)3/h7-8,10-11H,4-6,9H2,1-3H3,(H,14,15,16). The minimum atomic E-state index is 0.549. The third-order valence-electron chi connectivity index (χ3n) is 3.20. The average Bonchev–Trinajstić information content (AvgIpc) is 3.12. The molecule has 1 aliphatic carbocycles. The van der Waals surface area contributed by atoms with Crippen LogP contribution in [0.15, 0.2) is 12.3 Å². The molecule has 1 N–H and O–H groups in total. The lowest BCUT2D eigenvalue weighted by Gasteiger charge is -2.18. The summed E-state index contributed by atoms with van der Waals surface area (Å²) in [5, 5.41) is 3.52. The first kappa shape index (κ1) is 12.1. The smallest absolute Gasteiger partial charge is 0.226 e. The van der Waals surface area contributed by atoms with Gasteiger partial charge in [-0.2, -0.15) is 4.98 Å². The molecule has 17 heavy (non-hydrogen) atoms. The fourth-order valence-electron chi connectivity index (χ4n) is 1.94. The lowest BCUT2D eigenvalue weighted by atomic mass is 10.1. The van der Waals surface area contributed by atoms with Gasteiger partial charge in [0.25, 0.3) is 0 Å². The van der Waals surface area contributed by atoms with Crippen LogP contribution in [-0.4, -0.2) is 30.1 Å². The molecule has 1 aliphatic rings. The van der Waals surface area contributed by atoms with E-state index in [1.807, 2.05) is 31.3 Å². The van der Waals surface area contributed by atoms with Gasteiger partial charge in [-0.25, -0.2) is 4.98 Å². The van der Waals surface area contributed by atoms with Crippen molar-refractivity contribution in [2.45, 2.75) is 38.6 Å². The van der Waals surface area contributed by atoms with E-state index in [1.165, 1.54) is 19.3 Å². The van der Waals surface area contributed by atoms with E-state index in [9.17, 15) is 0 Å². The van der Waals surface area contributed by atoms with Gasteiger partial charge in [0.2, 0.25) is 5.95 Å². The molecule has 0 saturated heterocycles. The van der Waals surface area contributed by atoms with Crippen LogP contribution >= 0.6 is 0 Å². The molecule has 1 atom stereocenters. The lowest BCUT2D eigenvalue weighted by molar-refractivity contribution is 0.585. The number of hydrogen-bond donors (Lipinski definition) is 1.